The molecule has 3 aromatic heterocycles. The van der Waals surface area contributed by atoms with Crippen molar-refractivity contribution in [2.24, 2.45) is 0 Å². The van der Waals surface area contributed by atoms with Gasteiger partial charge in [-0.3, -0.25) is 9.36 Å². The third-order valence-electron chi connectivity index (χ3n) is 4.07. The summed E-state index contributed by atoms with van der Waals surface area (Å²) in [5.41, 5.74) is 2.65. The van der Waals surface area contributed by atoms with E-state index in [1.165, 1.54) is 11.3 Å². The molecule has 1 aromatic carbocycles. The molecular weight excluding hydrogens is 332 g/mol. The Morgan fingerprint density at radius 3 is 2.80 bits per heavy atom. The Balaban J connectivity index is 1.88. The lowest BCUT2D eigenvalue weighted by molar-refractivity contribution is 0.770. The van der Waals surface area contributed by atoms with E-state index in [1.54, 1.807) is 17.0 Å². The number of benzene rings is 1. The van der Waals surface area contributed by atoms with E-state index in [4.69, 9.17) is 0 Å². The first-order chi connectivity index (χ1) is 12.2. The second-order valence-electron chi connectivity index (χ2n) is 5.84. The van der Waals surface area contributed by atoms with E-state index >= 15 is 0 Å². The highest BCUT2D eigenvalue weighted by Crippen LogP contribution is 2.30. The lowest BCUT2D eigenvalue weighted by Gasteiger charge is -2.03. The Labute approximate surface area is 148 Å². The Morgan fingerprint density at radius 1 is 1.24 bits per heavy atom. The first kappa shape index (κ1) is 15.7. The van der Waals surface area contributed by atoms with Gasteiger partial charge in [0, 0.05) is 13.0 Å². The van der Waals surface area contributed by atoms with E-state index in [0.29, 0.717) is 23.2 Å². The van der Waals surface area contributed by atoms with Gasteiger partial charge >= 0.3 is 0 Å². The Morgan fingerprint density at radius 2 is 2.04 bits per heavy atom. The lowest BCUT2D eigenvalue weighted by atomic mass is 10.1. The molecule has 3 heterocycles. The molecule has 5 nitrogen and oxygen atoms in total. The molecule has 4 rings (SSSR count). The Hall–Kier alpha value is -2.86. The molecule has 0 unspecified atom stereocenters. The van der Waals surface area contributed by atoms with Gasteiger partial charge in [-0.1, -0.05) is 36.4 Å². The molecule has 124 valence electrons. The van der Waals surface area contributed by atoms with Crippen molar-refractivity contribution in [2.45, 2.75) is 19.9 Å². The maximum absolute atomic E-state index is 12.6. The van der Waals surface area contributed by atoms with Gasteiger partial charge in [0.1, 0.15) is 15.4 Å². The summed E-state index contributed by atoms with van der Waals surface area (Å²) in [5, 5.41) is 0.875. The SMILES string of the molecule is C=CCn1cnc2c(sc3nc(Cc4ccccc4)nc(C)c32)c1=O. The van der Waals surface area contributed by atoms with Crippen molar-refractivity contribution in [3.63, 3.8) is 0 Å². The molecule has 0 bridgehead atoms. The van der Waals surface area contributed by atoms with Gasteiger partial charge in [-0.15, -0.1) is 17.9 Å². The molecule has 0 atom stereocenters. The number of hydrogen-bond donors (Lipinski definition) is 0. The highest BCUT2D eigenvalue weighted by molar-refractivity contribution is 7.25. The summed E-state index contributed by atoms with van der Waals surface area (Å²) in [6, 6.07) is 10.1. The van der Waals surface area contributed by atoms with Crippen LogP contribution in [-0.4, -0.2) is 19.5 Å². The van der Waals surface area contributed by atoms with Gasteiger partial charge in [0.2, 0.25) is 0 Å². The van der Waals surface area contributed by atoms with Crippen LogP contribution in [0.4, 0.5) is 0 Å². The zero-order valence-corrected chi connectivity index (χ0v) is 14.6. The first-order valence-corrected chi connectivity index (χ1v) is 8.79. The minimum atomic E-state index is -0.0584. The molecule has 25 heavy (non-hydrogen) atoms. The fraction of sp³-hybridized carbons (Fsp3) is 0.158. The summed E-state index contributed by atoms with van der Waals surface area (Å²) in [5.74, 6) is 0.758. The largest absolute Gasteiger partial charge is 0.294 e. The van der Waals surface area contributed by atoms with Gasteiger partial charge in [-0.25, -0.2) is 15.0 Å². The predicted molar refractivity (Wildman–Crippen MR) is 101 cm³/mol. The van der Waals surface area contributed by atoms with Gasteiger partial charge in [0.05, 0.1) is 22.9 Å². The van der Waals surface area contributed by atoms with Crippen LogP contribution in [0.3, 0.4) is 0 Å². The van der Waals surface area contributed by atoms with Crippen LogP contribution < -0.4 is 5.56 Å². The zero-order valence-electron chi connectivity index (χ0n) is 13.8. The third kappa shape index (κ3) is 2.74. The summed E-state index contributed by atoms with van der Waals surface area (Å²) in [6.45, 7) is 6.07. The second-order valence-corrected chi connectivity index (χ2v) is 6.84. The Kier molecular flexibility index (Phi) is 3.89. The zero-order chi connectivity index (χ0) is 17.4. The summed E-state index contributed by atoms with van der Waals surface area (Å²) in [7, 11) is 0. The van der Waals surface area contributed by atoms with Gasteiger partial charge < -0.3 is 0 Å². The molecule has 0 amide bonds. The fourth-order valence-electron chi connectivity index (χ4n) is 2.91. The molecule has 0 aliphatic heterocycles. The molecular formula is C19H16N4OS. The minimum absolute atomic E-state index is 0.0584. The van der Waals surface area contributed by atoms with E-state index in [2.05, 4.69) is 33.7 Å². The van der Waals surface area contributed by atoms with E-state index in [1.807, 2.05) is 25.1 Å². The lowest BCUT2D eigenvalue weighted by Crippen LogP contribution is -2.18. The van der Waals surface area contributed by atoms with Gasteiger partial charge in [0.15, 0.2) is 0 Å². The molecule has 0 fully saturated rings. The van der Waals surface area contributed by atoms with E-state index in [0.717, 1.165) is 27.3 Å². The van der Waals surface area contributed by atoms with Crippen LogP contribution >= 0.6 is 11.3 Å². The first-order valence-electron chi connectivity index (χ1n) is 7.97. The van der Waals surface area contributed by atoms with Crippen LogP contribution in [0.15, 0.2) is 54.1 Å². The van der Waals surface area contributed by atoms with Crippen molar-refractivity contribution in [3.05, 3.63) is 76.7 Å². The molecule has 0 saturated carbocycles. The molecule has 6 heteroatoms. The van der Waals surface area contributed by atoms with Crippen LogP contribution in [0.1, 0.15) is 17.1 Å². The topological polar surface area (TPSA) is 60.7 Å². The smallest absolute Gasteiger partial charge is 0.271 e. The van der Waals surface area contributed by atoms with Crippen molar-refractivity contribution >= 4 is 31.8 Å². The third-order valence-corrected chi connectivity index (χ3v) is 5.13. The van der Waals surface area contributed by atoms with Crippen LogP contribution in [0, 0.1) is 6.92 Å². The molecule has 4 aromatic rings. The average Bonchev–Trinajstić information content (AvgIpc) is 2.98. The minimum Gasteiger partial charge on any atom is -0.294 e. The van der Waals surface area contributed by atoms with Crippen molar-refractivity contribution in [3.8, 4) is 0 Å². The number of aromatic nitrogens is 4. The molecule has 0 spiro atoms. The molecule has 0 aliphatic rings. The average molecular weight is 348 g/mol. The Bertz CT molecular complexity index is 1140. The summed E-state index contributed by atoms with van der Waals surface area (Å²) >= 11 is 1.39. The summed E-state index contributed by atoms with van der Waals surface area (Å²) in [6.07, 6.45) is 3.92. The van der Waals surface area contributed by atoms with Crippen molar-refractivity contribution < 1.29 is 0 Å². The van der Waals surface area contributed by atoms with Crippen LogP contribution in [0.5, 0.6) is 0 Å². The highest BCUT2D eigenvalue weighted by atomic mass is 32.1. The van der Waals surface area contributed by atoms with Crippen LogP contribution in [-0.2, 0) is 13.0 Å². The van der Waals surface area contributed by atoms with Gasteiger partial charge in [0.25, 0.3) is 5.56 Å². The molecule has 0 aliphatic carbocycles. The normalized spacial score (nSPS) is 11.2. The number of hydrogen-bond acceptors (Lipinski definition) is 5. The second kappa shape index (κ2) is 6.22. The van der Waals surface area contributed by atoms with Crippen molar-refractivity contribution in [1.29, 1.82) is 0 Å². The molecule has 0 radical (unpaired) electrons. The monoisotopic (exact) mass is 348 g/mol. The van der Waals surface area contributed by atoms with Gasteiger partial charge in [-0.2, -0.15) is 0 Å². The molecule has 0 N–H and O–H groups in total. The number of allylic oxidation sites excluding steroid dienone is 1. The maximum atomic E-state index is 12.6. The fourth-order valence-corrected chi connectivity index (χ4v) is 4.06. The molecule has 0 saturated heterocycles. The number of thiophene rings is 1. The van der Waals surface area contributed by atoms with E-state index < -0.39 is 0 Å². The van der Waals surface area contributed by atoms with Crippen LogP contribution in [0.2, 0.25) is 0 Å². The number of aryl methyl sites for hydroxylation is 1. The van der Waals surface area contributed by atoms with E-state index in [9.17, 15) is 4.79 Å². The van der Waals surface area contributed by atoms with E-state index in [-0.39, 0.29) is 5.56 Å². The van der Waals surface area contributed by atoms with Crippen LogP contribution in [0.25, 0.3) is 20.4 Å². The standard InChI is InChI=1S/C19H16N4OS/c1-3-9-23-11-20-16-15-12(2)21-14(10-13-7-5-4-6-8-13)22-18(15)25-17(16)19(23)24/h3-8,11H,1,9-10H2,2H3. The summed E-state index contributed by atoms with van der Waals surface area (Å²) < 4.78 is 2.17. The van der Waals surface area contributed by atoms with Crippen molar-refractivity contribution in [2.75, 3.05) is 0 Å². The summed E-state index contributed by atoms with van der Waals surface area (Å²) in [4.78, 5) is 27.2. The van der Waals surface area contributed by atoms with Crippen molar-refractivity contribution in [1.82, 2.24) is 19.5 Å². The maximum Gasteiger partial charge on any atom is 0.271 e. The number of nitrogens with zero attached hydrogens (tertiary/aromatic N) is 4. The quantitative estimate of drug-likeness (QED) is 0.530. The number of rotatable bonds is 4. The van der Waals surface area contributed by atoms with Gasteiger partial charge in [-0.05, 0) is 12.5 Å². The predicted octanol–water partition coefficient (Wildman–Crippen LogP) is 3.49. The highest BCUT2D eigenvalue weighted by Gasteiger charge is 2.16. The number of fused-ring (bicyclic) bond motifs is 3.